The van der Waals surface area contributed by atoms with E-state index in [2.05, 4.69) is 5.32 Å². The third kappa shape index (κ3) is 5.37. The first-order valence-electron chi connectivity index (χ1n) is 13.1. The van der Waals surface area contributed by atoms with E-state index >= 15 is 0 Å². The molecule has 0 radical (unpaired) electrons. The van der Waals surface area contributed by atoms with Crippen molar-refractivity contribution in [3.8, 4) is 0 Å². The number of fused-ring (bicyclic) bond motifs is 1. The van der Waals surface area contributed by atoms with E-state index in [0.717, 1.165) is 51.4 Å². The van der Waals surface area contributed by atoms with Crippen molar-refractivity contribution in [3.63, 3.8) is 0 Å². The van der Waals surface area contributed by atoms with Crippen LogP contribution < -0.4 is 5.32 Å². The fourth-order valence-electron chi connectivity index (χ4n) is 8.15. The molecule has 0 aromatic heterocycles. The predicted molar refractivity (Wildman–Crippen MR) is 116 cm³/mol. The Morgan fingerprint density at radius 3 is 2.03 bits per heavy atom. The molecule has 3 nitrogen and oxygen atoms in total. The highest BCUT2D eigenvalue weighted by atomic mass is 19.4. The van der Waals surface area contributed by atoms with Gasteiger partial charge in [0.05, 0.1) is 12.1 Å². The van der Waals surface area contributed by atoms with Gasteiger partial charge in [0.2, 0.25) is 0 Å². The molecule has 0 aromatic carbocycles. The standard InChI is InChI=1S/C25H40F5NO2/c26-24(27)21-20(22(33)17-11-10-14-6-4-5-9-16(14)12-17)19(15-7-2-1-3-8-15)18(13-32)23(31-21)25(28,29)30/h14-24,31-33H,1-13H2. The van der Waals surface area contributed by atoms with Gasteiger partial charge >= 0.3 is 6.18 Å². The molecule has 3 aliphatic carbocycles. The summed E-state index contributed by atoms with van der Waals surface area (Å²) in [5.74, 6) is -2.17. The van der Waals surface area contributed by atoms with Crippen molar-refractivity contribution in [2.45, 2.75) is 108 Å². The van der Waals surface area contributed by atoms with Crippen molar-refractivity contribution in [1.82, 2.24) is 5.32 Å². The first-order valence-corrected chi connectivity index (χ1v) is 13.1. The molecule has 1 heterocycles. The summed E-state index contributed by atoms with van der Waals surface area (Å²) in [7, 11) is 0. The van der Waals surface area contributed by atoms with Gasteiger partial charge in [-0.15, -0.1) is 0 Å². The minimum Gasteiger partial charge on any atom is -0.396 e. The second kappa shape index (κ2) is 10.7. The van der Waals surface area contributed by atoms with Gasteiger partial charge in [-0.1, -0.05) is 57.8 Å². The Hall–Kier alpha value is -0.470. The van der Waals surface area contributed by atoms with E-state index in [9.17, 15) is 32.2 Å². The van der Waals surface area contributed by atoms with E-state index in [1.807, 2.05) is 0 Å². The SMILES string of the molecule is OCC1C(C2CCCCC2)C(C(O)C2CCC3CCCCC3C2)C(C(F)F)NC1C(F)(F)F. The molecule has 192 valence electrons. The third-order valence-corrected chi connectivity index (χ3v) is 9.64. The van der Waals surface area contributed by atoms with Gasteiger partial charge in [-0.25, -0.2) is 8.78 Å². The largest absolute Gasteiger partial charge is 0.404 e. The smallest absolute Gasteiger partial charge is 0.396 e. The molecule has 33 heavy (non-hydrogen) atoms. The lowest BCUT2D eigenvalue weighted by Gasteiger charge is -2.54. The third-order valence-electron chi connectivity index (χ3n) is 9.64. The molecular weight excluding hydrogens is 441 g/mol. The van der Waals surface area contributed by atoms with Gasteiger partial charge in [0.25, 0.3) is 6.43 Å². The van der Waals surface area contributed by atoms with Gasteiger partial charge in [0.15, 0.2) is 0 Å². The van der Waals surface area contributed by atoms with Gasteiger partial charge in [-0.05, 0) is 48.9 Å². The number of hydrogen-bond donors (Lipinski definition) is 3. The summed E-state index contributed by atoms with van der Waals surface area (Å²) in [5, 5.41) is 23.9. The fourth-order valence-corrected chi connectivity index (χ4v) is 8.15. The lowest BCUT2D eigenvalue weighted by molar-refractivity contribution is -0.213. The minimum atomic E-state index is -4.73. The average molecular weight is 482 g/mol. The maximum absolute atomic E-state index is 14.3. The number of alkyl halides is 5. The van der Waals surface area contributed by atoms with Crippen LogP contribution in [-0.2, 0) is 0 Å². The number of piperidine rings is 1. The number of aliphatic hydroxyl groups excluding tert-OH is 2. The van der Waals surface area contributed by atoms with Crippen molar-refractivity contribution in [2.75, 3.05) is 6.61 Å². The molecule has 1 saturated heterocycles. The first kappa shape index (κ1) is 25.6. The summed E-state index contributed by atoms with van der Waals surface area (Å²) < 4.78 is 70.4. The number of rotatable bonds is 5. The molecule has 9 unspecified atom stereocenters. The van der Waals surface area contributed by atoms with E-state index in [0.29, 0.717) is 24.7 Å². The van der Waals surface area contributed by atoms with E-state index in [1.54, 1.807) is 0 Å². The zero-order valence-corrected chi connectivity index (χ0v) is 19.3. The number of aliphatic hydroxyl groups is 2. The molecule has 3 saturated carbocycles. The molecular formula is C25H40F5NO2. The number of nitrogens with one attached hydrogen (secondary N) is 1. The van der Waals surface area contributed by atoms with Crippen molar-refractivity contribution in [1.29, 1.82) is 0 Å². The predicted octanol–water partition coefficient (Wildman–Crippen LogP) is 5.54. The van der Waals surface area contributed by atoms with Gasteiger partial charge in [-0.2, -0.15) is 13.2 Å². The van der Waals surface area contributed by atoms with E-state index in [-0.39, 0.29) is 11.8 Å². The molecule has 4 aliphatic rings. The molecule has 0 amide bonds. The zero-order chi connectivity index (χ0) is 23.8. The van der Waals surface area contributed by atoms with E-state index in [1.165, 1.54) is 12.8 Å². The summed E-state index contributed by atoms with van der Waals surface area (Å²) in [5.41, 5.74) is 0. The topological polar surface area (TPSA) is 52.5 Å². The normalized spacial score (nSPS) is 42.2. The van der Waals surface area contributed by atoms with Gasteiger partial charge in [0.1, 0.15) is 6.04 Å². The summed E-state index contributed by atoms with van der Waals surface area (Å²) in [4.78, 5) is 0. The van der Waals surface area contributed by atoms with Crippen LogP contribution >= 0.6 is 0 Å². The molecule has 8 heteroatoms. The number of hydrogen-bond acceptors (Lipinski definition) is 3. The molecule has 0 spiro atoms. The highest BCUT2D eigenvalue weighted by molar-refractivity contribution is 5.06. The van der Waals surface area contributed by atoms with Crippen molar-refractivity contribution < 1.29 is 32.2 Å². The quantitative estimate of drug-likeness (QED) is 0.452. The highest BCUT2D eigenvalue weighted by Crippen LogP contribution is 2.51. The van der Waals surface area contributed by atoms with Crippen LogP contribution in [0.15, 0.2) is 0 Å². The average Bonchev–Trinajstić information content (AvgIpc) is 2.81. The lowest BCUT2D eigenvalue weighted by atomic mass is 9.57. The van der Waals surface area contributed by atoms with Crippen LogP contribution in [-0.4, -0.2) is 47.6 Å². The monoisotopic (exact) mass is 481 g/mol. The van der Waals surface area contributed by atoms with Crippen LogP contribution in [0.3, 0.4) is 0 Å². The molecule has 1 aliphatic heterocycles. The van der Waals surface area contributed by atoms with Crippen LogP contribution in [0.2, 0.25) is 0 Å². The first-order chi connectivity index (χ1) is 15.7. The summed E-state index contributed by atoms with van der Waals surface area (Å²) in [6.45, 7) is -0.715. The Kier molecular flexibility index (Phi) is 8.27. The second-order valence-electron chi connectivity index (χ2n) is 11.3. The van der Waals surface area contributed by atoms with Crippen molar-refractivity contribution in [3.05, 3.63) is 0 Å². The van der Waals surface area contributed by atoms with Crippen molar-refractivity contribution in [2.24, 2.45) is 41.4 Å². The maximum atomic E-state index is 14.3. The molecule has 3 N–H and O–H groups in total. The Balaban J connectivity index is 1.65. The molecule has 0 aromatic rings. The lowest BCUT2D eigenvalue weighted by Crippen LogP contribution is -2.68. The summed E-state index contributed by atoms with van der Waals surface area (Å²) >= 11 is 0. The Labute approximate surface area is 193 Å². The van der Waals surface area contributed by atoms with E-state index < -0.39 is 55.1 Å². The summed E-state index contributed by atoms with van der Waals surface area (Å²) in [6, 6.07) is -3.89. The molecule has 0 bridgehead atoms. The Morgan fingerprint density at radius 1 is 0.818 bits per heavy atom. The zero-order valence-electron chi connectivity index (χ0n) is 19.3. The van der Waals surface area contributed by atoms with E-state index in [4.69, 9.17) is 0 Å². The molecule has 4 rings (SSSR count). The maximum Gasteiger partial charge on any atom is 0.404 e. The Bertz CT molecular complexity index is 626. The van der Waals surface area contributed by atoms with Gasteiger partial charge in [-0.3, -0.25) is 5.32 Å². The molecule has 4 fully saturated rings. The highest BCUT2D eigenvalue weighted by Gasteiger charge is 2.59. The fraction of sp³-hybridized carbons (Fsp3) is 1.00. The van der Waals surface area contributed by atoms with Crippen LogP contribution in [0.25, 0.3) is 0 Å². The van der Waals surface area contributed by atoms with Crippen LogP contribution in [0.4, 0.5) is 22.0 Å². The van der Waals surface area contributed by atoms with Crippen molar-refractivity contribution >= 4 is 0 Å². The van der Waals surface area contributed by atoms with Gasteiger partial charge in [0, 0.05) is 18.4 Å². The molecule has 9 atom stereocenters. The Morgan fingerprint density at radius 2 is 1.42 bits per heavy atom. The van der Waals surface area contributed by atoms with Gasteiger partial charge < -0.3 is 10.2 Å². The van der Waals surface area contributed by atoms with Crippen LogP contribution in [0.1, 0.15) is 77.0 Å². The van der Waals surface area contributed by atoms with Crippen LogP contribution in [0, 0.1) is 41.4 Å². The summed E-state index contributed by atoms with van der Waals surface area (Å²) in [6.07, 6.45) is 2.40. The minimum absolute atomic E-state index is 0.162. The number of halogens is 5. The second-order valence-corrected chi connectivity index (χ2v) is 11.3. The van der Waals surface area contributed by atoms with Crippen LogP contribution in [0.5, 0.6) is 0 Å².